The molecule has 0 aliphatic heterocycles. The van der Waals surface area contributed by atoms with E-state index in [-0.39, 0.29) is 17.0 Å². The van der Waals surface area contributed by atoms with Crippen molar-refractivity contribution in [2.45, 2.75) is 67.3 Å². The Labute approximate surface area is 211 Å². The van der Waals surface area contributed by atoms with Crippen LogP contribution in [0.25, 0.3) is 0 Å². The molecule has 0 bridgehead atoms. The zero-order valence-corrected chi connectivity index (χ0v) is 23.2. The number of hydrogen-bond donors (Lipinski definition) is 1. The van der Waals surface area contributed by atoms with Crippen molar-refractivity contribution in [1.29, 1.82) is 0 Å². The first-order chi connectivity index (χ1) is 16.2. The summed E-state index contributed by atoms with van der Waals surface area (Å²) in [6, 6.07) is 20.9. The molecule has 0 amide bonds. The Kier molecular flexibility index (Phi) is 9.74. The number of phosphoric acid groups is 1. The summed E-state index contributed by atoms with van der Waals surface area (Å²) in [5, 5.41) is 2.44. The van der Waals surface area contributed by atoms with Gasteiger partial charge in [-0.25, -0.2) is 4.57 Å². The van der Waals surface area contributed by atoms with Gasteiger partial charge in [-0.1, -0.05) is 63.2 Å². The van der Waals surface area contributed by atoms with E-state index in [0.29, 0.717) is 5.41 Å². The Bertz CT molecular complexity index is 1080. The molecule has 0 fully saturated rings. The van der Waals surface area contributed by atoms with E-state index >= 15 is 0 Å². The highest BCUT2D eigenvalue weighted by Crippen LogP contribution is 2.40. The van der Waals surface area contributed by atoms with Crippen LogP contribution in [0.2, 0.25) is 0 Å². The molecule has 0 atom stereocenters. The fraction of sp³-hybridized carbons (Fsp3) is 0.379. The Balaban J connectivity index is 0.000000247. The highest BCUT2D eigenvalue weighted by Gasteiger charge is 2.29. The predicted molar refractivity (Wildman–Crippen MR) is 142 cm³/mol. The van der Waals surface area contributed by atoms with Gasteiger partial charge in [-0.2, -0.15) is 0 Å². The van der Waals surface area contributed by atoms with Gasteiger partial charge >= 0.3 is 7.82 Å². The highest BCUT2D eigenvalue weighted by atomic mass is 31.2. The van der Waals surface area contributed by atoms with Crippen LogP contribution >= 0.6 is 7.82 Å². The Morgan fingerprint density at radius 3 is 1.63 bits per heavy atom. The van der Waals surface area contributed by atoms with Crippen molar-refractivity contribution >= 4 is 13.5 Å². The van der Waals surface area contributed by atoms with E-state index in [1.807, 2.05) is 0 Å². The summed E-state index contributed by atoms with van der Waals surface area (Å²) in [7, 11) is -4.39. The number of phosphoric ester groups is 1. The van der Waals surface area contributed by atoms with E-state index < -0.39 is 7.82 Å². The molecular weight excluding hydrogens is 457 g/mol. The SMILES string of the molecule is Cc1ccc([NH2+]C(C)(C)CC(C)(C)C)c(C)c1C.O=P([O-])(Oc1ccccc1)Oc1ccccc1. The Morgan fingerprint density at radius 1 is 0.743 bits per heavy atom. The van der Waals surface area contributed by atoms with Crippen LogP contribution in [-0.2, 0) is 4.57 Å². The molecule has 0 aliphatic carbocycles. The van der Waals surface area contributed by atoms with Crippen LogP contribution in [0.4, 0.5) is 5.69 Å². The molecular formula is C29H40NO4P. The van der Waals surface area contributed by atoms with Gasteiger partial charge in [0.1, 0.15) is 17.2 Å². The molecule has 0 saturated heterocycles. The largest absolute Gasteiger partial charge is 0.736 e. The molecule has 5 nitrogen and oxygen atoms in total. The minimum Gasteiger partial charge on any atom is -0.736 e. The molecule has 3 rings (SSSR count). The molecule has 6 heteroatoms. The summed E-state index contributed by atoms with van der Waals surface area (Å²) in [6.45, 7) is 18.3. The number of hydrogen-bond acceptors (Lipinski definition) is 4. The van der Waals surface area contributed by atoms with E-state index in [2.05, 4.69) is 72.8 Å². The lowest BCUT2D eigenvalue weighted by atomic mass is 9.81. The Hall–Kier alpha value is -2.59. The first kappa shape index (κ1) is 28.6. The van der Waals surface area contributed by atoms with Crippen molar-refractivity contribution in [3.8, 4) is 11.5 Å². The fourth-order valence-electron chi connectivity index (χ4n) is 4.21. The number of quaternary nitrogens is 1. The van der Waals surface area contributed by atoms with Crippen LogP contribution in [0, 0.1) is 26.2 Å². The van der Waals surface area contributed by atoms with E-state index in [0.717, 1.165) is 0 Å². The van der Waals surface area contributed by atoms with Gasteiger partial charge in [-0.15, -0.1) is 0 Å². The second-order valence-corrected chi connectivity index (χ2v) is 12.1. The first-order valence-corrected chi connectivity index (χ1v) is 13.4. The lowest BCUT2D eigenvalue weighted by molar-refractivity contribution is -0.650. The van der Waals surface area contributed by atoms with Gasteiger partial charge in [-0.05, 0) is 81.5 Å². The van der Waals surface area contributed by atoms with Crippen molar-refractivity contribution in [2.24, 2.45) is 5.41 Å². The number of para-hydroxylation sites is 2. The lowest BCUT2D eigenvalue weighted by Crippen LogP contribution is -2.91. The lowest BCUT2D eigenvalue weighted by Gasteiger charge is -2.31. The summed E-state index contributed by atoms with van der Waals surface area (Å²) < 4.78 is 21.1. The summed E-state index contributed by atoms with van der Waals surface area (Å²) in [5.41, 5.74) is 6.25. The highest BCUT2D eigenvalue weighted by molar-refractivity contribution is 7.46. The molecule has 2 N–H and O–H groups in total. The van der Waals surface area contributed by atoms with Crippen LogP contribution in [0.1, 0.15) is 57.7 Å². The molecule has 190 valence electrons. The molecule has 0 aliphatic rings. The average Bonchev–Trinajstić information content (AvgIpc) is 2.74. The molecule has 0 heterocycles. The van der Waals surface area contributed by atoms with Gasteiger partial charge in [0.05, 0.1) is 5.54 Å². The maximum atomic E-state index is 11.6. The van der Waals surface area contributed by atoms with E-state index in [1.165, 1.54) is 28.8 Å². The molecule has 3 aromatic carbocycles. The molecule has 0 radical (unpaired) electrons. The normalized spacial score (nSPS) is 11.9. The first-order valence-electron chi connectivity index (χ1n) is 11.9. The number of rotatable bonds is 7. The van der Waals surface area contributed by atoms with Gasteiger partial charge in [0.2, 0.25) is 0 Å². The van der Waals surface area contributed by atoms with E-state index in [1.54, 1.807) is 60.7 Å². The summed E-state index contributed by atoms with van der Waals surface area (Å²) in [4.78, 5) is 11.6. The van der Waals surface area contributed by atoms with Gasteiger partial charge in [0.25, 0.3) is 0 Å². The third-order valence-electron chi connectivity index (χ3n) is 5.55. The van der Waals surface area contributed by atoms with Gasteiger partial charge in [0.15, 0.2) is 0 Å². The third-order valence-corrected chi connectivity index (χ3v) is 6.42. The molecule has 0 aromatic heterocycles. The molecule has 0 saturated carbocycles. The summed E-state index contributed by atoms with van der Waals surface area (Å²) in [6.07, 6.45) is 1.20. The molecule has 35 heavy (non-hydrogen) atoms. The number of benzene rings is 3. The van der Waals surface area contributed by atoms with Gasteiger partial charge in [-0.3, -0.25) is 0 Å². The zero-order valence-electron chi connectivity index (χ0n) is 22.3. The second kappa shape index (κ2) is 11.9. The van der Waals surface area contributed by atoms with E-state index in [4.69, 9.17) is 9.05 Å². The van der Waals surface area contributed by atoms with Crippen LogP contribution in [0.3, 0.4) is 0 Å². The standard InChI is InChI=1S/C17H29N.C12H11O4P/c1-12-9-10-15(14(3)13(12)2)18-17(7,8)11-16(4,5)6;13-17(14,15-11-7-3-1-4-8-11)16-12-9-5-2-6-10-12/h9-10,18H,11H2,1-8H3;1-10H,(H,13,14). The van der Waals surface area contributed by atoms with Crippen molar-refractivity contribution in [3.63, 3.8) is 0 Å². The van der Waals surface area contributed by atoms with Crippen LogP contribution in [-0.4, -0.2) is 5.54 Å². The zero-order chi connectivity index (χ0) is 26.3. The Morgan fingerprint density at radius 2 is 1.20 bits per heavy atom. The molecule has 0 unspecified atom stereocenters. The quantitative estimate of drug-likeness (QED) is 0.293. The summed E-state index contributed by atoms with van der Waals surface area (Å²) >= 11 is 0. The minimum absolute atomic E-state index is 0.224. The summed E-state index contributed by atoms with van der Waals surface area (Å²) in [5.74, 6) is 0.448. The fourth-order valence-corrected chi connectivity index (χ4v) is 5.01. The van der Waals surface area contributed by atoms with Crippen molar-refractivity contribution < 1.29 is 23.8 Å². The molecule has 3 aromatic rings. The monoisotopic (exact) mass is 497 g/mol. The van der Waals surface area contributed by atoms with Gasteiger partial charge < -0.3 is 19.3 Å². The van der Waals surface area contributed by atoms with Gasteiger partial charge in [0, 0.05) is 12.0 Å². The third kappa shape index (κ3) is 10.3. The maximum Gasteiger partial charge on any atom is 0.372 e. The van der Waals surface area contributed by atoms with Crippen molar-refractivity contribution in [1.82, 2.24) is 0 Å². The van der Waals surface area contributed by atoms with Crippen LogP contribution in [0.5, 0.6) is 11.5 Å². The smallest absolute Gasteiger partial charge is 0.372 e. The minimum atomic E-state index is -4.39. The van der Waals surface area contributed by atoms with Crippen molar-refractivity contribution in [2.75, 3.05) is 0 Å². The number of nitrogens with two attached hydrogens (primary N) is 1. The van der Waals surface area contributed by atoms with Crippen molar-refractivity contribution in [3.05, 3.63) is 89.5 Å². The topological polar surface area (TPSA) is 75.2 Å². The average molecular weight is 498 g/mol. The predicted octanol–water partition coefficient (Wildman–Crippen LogP) is 6.63. The maximum absolute atomic E-state index is 11.6. The molecule has 0 spiro atoms. The van der Waals surface area contributed by atoms with Crippen LogP contribution < -0.4 is 19.3 Å². The second-order valence-electron chi connectivity index (χ2n) is 10.8. The van der Waals surface area contributed by atoms with E-state index in [9.17, 15) is 9.46 Å². The van der Waals surface area contributed by atoms with Crippen LogP contribution in [0.15, 0.2) is 72.8 Å². The number of aryl methyl sites for hydroxylation is 1.